The molecule has 0 N–H and O–H groups in total. The van der Waals surface area contributed by atoms with Gasteiger partial charge < -0.3 is 9.64 Å². The highest BCUT2D eigenvalue weighted by molar-refractivity contribution is 8.18. The van der Waals surface area contributed by atoms with Crippen LogP contribution in [-0.2, 0) is 15.1 Å². The summed E-state index contributed by atoms with van der Waals surface area (Å²) in [6, 6.07) is 11.1. The van der Waals surface area contributed by atoms with Gasteiger partial charge in [-0.15, -0.1) is 0 Å². The van der Waals surface area contributed by atoms with E-state index in [0.717, 1.165) is 16.7 Å². The van der Waals surface area contributed by atoms with Gasteiger partial charge in [-0.1, -0.05) is 35.9 Å². The van der Waals surface area contributed by atoms with Gasteiger partial charge in [0.2, 0.25) is 0 Å². The van der Waals surface area contributed by atoms with E-state index in [1.165, 1.54) is 11.8 Å². The number of carbonyl (C=O) groups excluding carboxylic acids is 2. The minimum atomic E-state index is -0.568. The number of esters is 1. The maximum Gasteiger partial charge on any atom is 0.339 e. The number of benzene rings is 1. The van der Waals surface area contributed by atoms with Gasteiger partial charge in [-0.2, -0.15) is 4.99 Å². The summed E-state index contributed by atoms with van der Waals surface area (Å²) in [4.78, 5) is 35.9. The molecule has 0 radical (unpaired) electrons. The van der Waals surface area contributed by atoms with Crippen molar-refractivity contribution in [3.8, 4) is 0 Å². The van der Waals surface area contributed by atoms with Crippen molar-refractivity contribution in [1.29, 1.82) is 0 Å². The highest BCUT2D eigenvalue weighted by Crippen LogP contribution is 2.45. The largest absolute Gasteiger partial charge is 0.450 e. The lowest BCUT2D eigenvalue weighted by molar-refractivity contribution is -0.113. The van der Waals surface area contributed by atoms with Gasteiger partial charge in [0.1, 0.15) is 10.8 Å². The number of amides is 1. The van der Waals surface area contributed by atoms with Gasteiger partial charge in [0.15, 0.2) is 5.17 Å². The molecule has 1 amide bonds. The average molecular weight is 440 g/mol. The van der Waals surface area contributed by atoms with Gasteiger partial charge in [-0.05, 0) is 42.0 Å². The summed E-state index contributed by atoms with van der Waals surface area (Å²) in [6.07, 6.45) is 3.00. The topological polar surface area (TPSA) is 71.9 Å². The van der Waals surface area contributed by atoms with Crippen LogP contribution in [0.3, 0.4) is 0 Å². The third-order valence-corrected chi connectivity index (χ3v) is 7.29. The minimum Gasteiger partial charge on any atom is -0.450 e. The first kappa shape index (κ1) is 19.3. The predicted molar refractivity (Wildman–Crippen MR) is 116 cm³/mol. The normalized spacial score (nSPS) is 21.5. The summed E-state index contributed by atoms with van der Waals surface area (Å²) in [5.74, 6) is -0.486. The molecule has 5 rings (SSSR count). The molecule has 1 aromatic heterocycles. The molecule has 6 nitrogen and oxygen atoms in total. The summed E-state index contributed by atoms with van der Waals surface area (Å²) in [5.41, 5.74) is 2.74. The molecule has 1 aromatic carbocycles. The zero-order valence-electron chi connectivity index (χ0n) is 16.2. The van der Waals surface area contributed by atoms with E-state index in [0.29, 0.717) is 46.7 Å². The molecule has 0 unspecified atom stereocenters. The predicted octanol–water partition coefficient (Wildman–Crippen LogP) is 4.26. The SMILES string of the molecule is CC(=C1SC(N2CCC3(CC2)OC(=O)c2ccccc23)=NC1=O)c1ccc(Cl)nc1. The highest BCUT2D eigenvalue weighted by atomic mass is 35.5. The van der Waals surface area contributed by atoms with E-state index in [4.69, 9.17) is 16.3 Å². The van der Waals surface area contributed by atoms with Crippen LogP contribution >= 0.6 is 23.4 Å². The van der Waals surface area contributed by atoms with Crippen molar-refractivity contribution in [2.75, 3.05) is 13.1 Å². The Labute approximate surface area is 183 Å². The number of hydrogen-bond donors (Lipinski definition) is 0. The Morgan fingerprint density at radius 2 is 1.93 bits per heavy atom. The number of rotatable bonds is 1. The Balaban J connectivity index is 1.33. The van der Waals surface area contributed by atoms with E-state index in [-0.39, 0.29) is 11.9 Å². The zero-order chi connectivity index (χ0) is 20.9. The van der Waals surface area contributed by atoms with Crippen molar-refractivity contribution in [3.05, 3.63) is 69.3 Å². The van der Waals surface area contributed by atoms with Gasteiger partial charge >= 0.3 is 5.97 Å². The van der Waals surface area contributed by atoms with Crippen LogP contribution in [0.15, 0.2) is 52.5 Å². The number of fused-ring (bicyclic) bond motifs is 2. The van der Waals surface area contributed by atoms with Gasteiger partial charge in [0, 0.05) is 37.7 Å². The smallest absolute Gasteiger partial charge is 0.339 e. The molecule has 4 heterocycles. The van der Waals surface area contributed by atoms with Crippen LogP contribution in [0.4, 0.5) is 0 Å². The minimum absolute atomic E-state index is 0.236. The third kappa shape index (κ3) is 3.13. The van der Waals surface area contributed by atoms with Crippen molar-refractivity contribution >= 4 is 46.0 Å². The molecule has 0 bridgehead atoms. The fourth-order valence-corrected chi connectivity index (χ4v) is 5.31. The molecule has 0 saturated carbocycles. The van der Waals surface area contributed by atoms with Gasteiger partial charge in [-0.3, -0.25) is 4.79 Å². The van der Waals surface area contributed by atoms with E-state index in [2.05, 4.69) is 14.9 Å². The molecule has 1 spiro atoms. The third-order valence-electron chi connectivity index (χ3n) is 5.85. The fraction of sp³-hybridized carbons (Fsp3) is 0.273. The molecule has 0 aliphatic carbocycles. The number of pyridine rings is 1. The van der Waals surface area contributed by atoms with Crippen molar-refractivity contribution in [1.82, 2.24) is 9.88 Å². The number of thioether (sulfide) groups is 1. The van der Waals surface area contributed by atoms with E-state index in [9.17, 15) is 9.59 Å². The standard InChI is InChI=1S/C22H18ClN3O3S/c1-13(14-6-7-17(23)24-12-14)18-19(27)25-21(30-18)26-10-8-22(9-11-26)16-5-3-2-4-15(16)20(28)29-22/h2-7,12H,8-11H2,1H3. The number of halogens is 1. The van der Waals surface area contributed by atoms with Crippen LogP contribution in [0, 0.1) is 0 Å². The Hall–Kier alpha value is -2.64. The van der Waals surface area contributed by atoms with Crippen LogP contribution in [0.25, 0.3) is 5.57 Å². The lowest BCUT2D eigenvalue weighted by atomic mass is 9.84. The molecule has 30 heavy (non-hydrogen) atoms. The van der Waals surface area contributed by atoms with E-state index in [1.807, 2.05) is 37.3 Å². The molecule has 2 aromatic rings. The molecule has 8 heteroatoms. The second-order valence-corrected chi connectivity index (χ2v) is 8.91. The van der Waals surface area contributed by atoms with Gasteiger partial charge in [0.25, 0.3) is 5.91 Å². The molecule has 3 aliphatic rings. The van der Waals surface area contributed by atoms with E-state index < -0.39 is 5.60 Å². The number of aromatic nitrogens is 1. The number of ether oxygens (including phenoxy) is 1. The van der Waals surface area contributed by atoms with E-state index in [1.54, 1.807) is 12.3 Å². The molecular formula is C22H18ClN3O3S. The Morgan fingerprint density at radius 1 is 1.17 bits per heavy atom. The number of likely N-dealkylation sites (tertiary alicyclic amines) is 1. The molecular weight excluding hydrogens is 422 g/mol. The van der Waals surface area contributed by atoms with Crippen molar-refractivity contribution in [2.45, 2.75) is 25.4 Å². The van der Waals surface area contributed by atoms with Crippen LogP contribution in [0.1, 0.15) is 41.3 Å². The Bertz CT molecular complexity index is 1120. The van der Waals surface area contributed by atoms with Crippen molar-refractivity contribution in [2.24, 2.45) is 4.99 Å². The van der Waals surface area contributed by atoms with Crippen molar-refractivity contribution in [3.63, 3.8) is 0 Å². The number of carbonyl (C=O) groups is 2. The number of allylic oxidation sites excluding steroid dienone is 1. The summed E-state index contributed by atoms with van der Waals surface area (Å²) in [7, 11) is 0. The molecule has 0 atom stereocenters. The Kier molecular flexibility index (Phi) is 4.67. The zero-order valence-corrected chi connectivity index (χ0v) is 17.8. The second-order valence-electron chi connectivity index (χ2n) is 7.54. The summed E-state index contributed by atoms with van der Waals surface area (Å²) in [5, 5.41) is 1.11. The average Bonchev–Trinajstić information content (AvgIpc) is 3.27. The van der Waals surface area contributed by atoms with E-state index >= 15 is 0 Å². The van der Waals surface area contributed by atoms with Crippen LogP contribution in [0.2, 0.25) is 5.15 Å². The van der Waals surface area contributed by atoms with Gasteiger partial charge in [-0.25, -0.2) is 9.78 Å². The molecule has 3 aliphatic heterocycles. The highest BCUT2D eigenvalue weighted by Gasteiger charge is 2.48. The van der Waals surface area contributed by atoms with Crippen LogP contribution in [-0.4, -0.2) is 40.0 Å². The van der Waals surface area contributed by atoms with Crippen LogP contribution in [0.5, 0.6) is 0 Å². The lowest BCUT2D eigenvalue weighted by Crippen LogP contribution is -2.44. The monoisotopic (exact) mass is 439 g/mol. The first-order valence-corrected chi connectivity index (χ1v) is 10.9. The quantitative estimate of drug-likeness (QED) is 0.375. The summed E-state index contributed by atoms with van der Waals surface area (Å²) < 4.78 is 5.81. The van der Waals surface area contributed by atoms with Crippen LogP contribution < -0.4 is 0 Å². The first-order valence-electron chi connectivity index (χ1n) is 9.68. The molecule has 152 valence electrons. The Morgan fingerprint density at radius 3 is 2.67 bits per heavy atom. The molecule has 1 saturated heterocycles. The van der Waals surface area contributed by atoms with Gasteiger partial charge in [0.05, 0.1) is 10.5 Å². The van der Waals surface area contributed by atoms with Crippen molar-refractivity contribution < 1.29 is 14.3 Å². The maximum absolute atomic E-state index is 12.6. The maximum atomic E-state index is 12.6. The number of aliphatic imine (C=N–C) groups is 1. The number of amidine groups is 1. The summed E-state index contributed by atoms with van der Waals surface area (Å²) >= 11 is 7.25. The first-order chi connectivity index (χ1) is 14.5. The number of piperidine rings is 1. The lowest BCUT2D eigenvalue weighted by Gasteiger charge is -2.39. The number of nitrogens with zero attached hydrogens (tertiary/aromatic N) is 3. The second kappa shape index (κ2) is 7.25. The fourth-order valence-electron chi connectivity index (χ4n) is 4.17. The summed E-state index contributed by atoms with van der Waals surface area (Å²) in [6.45, 7) is 3.22. The molecule has 1 fully saturated rings. The number of hydrogen-bond acceptors (Lipinski definition) is 6.